The van der Waals surface area contributed by atoms with Crippen LogP contribution >= 0.6 is 0 Å². The lowest BCUT2D eigenvalue weighted by atomic mass is 9.83. The van der Waals surface area contributed by atoms with Crippen molar-refractivity contribution in [2.24, 2.45) is 0 Å². The van der Waals surface area contributed by atoms with Crippen molar-refractivity contribution in [2.75, 3.05) is 0 Å². The Bertz CT molecular complexity index is 5920. The normalized spacial score (nSPS) is 13.2. The van der Waals surface area contributed by atoms with Crippen molar-refractivity contribution < 1.29 is 0 Å². The Hall–Kier alpha value is -9.97. The van der Waals surface area contributed by atoms with Crippen molar-refractivity contribution in [1.29, 1.82) is 0 Å². The van der Waals surface area contributed by atoms with Gasteiger partial charge in [-0.25, -0.2) is 4.98 Å². The lowest BCUT2D eigenvalue weighted by Crippen LogP contribution is -2.11. The monoisotopic (exact) mass is 1110 g/mol. The quantitative estimate of drug-likeness (QED) is 0.173. The molecule has 7 aromatic heterocycles. The van der Waals surface area contributed by atoms with Crippen LogP contribution in [-0.2, 0) is 16.2 Å². The Balaban J connectivity index is 0.988. The molecular weight excluding hydrogens is 1040 g/mol. The number of nitrogens with zero attached hydrogens (tertiary/aromatic N) is 5. The molecule has 0 unspecified atom stereocenters. The Kier molecular flexibility index (Phi) is 9.71. The van der Waals surface area contributed by atoms with E-state index in [1.54, 1.807) is 0 Å². The number of hydrogen-bond donors (Lipinski definition) is 0. The van der Waals surface area contributed by atoms with Gasteiger partial charge < -0.3 is 13.5 Å². The molecule has 7 heterocycles. The largest absolute Gasteiger partial charge is 0.309 e. The zero-order valence-corrected chi connectivity index (χ0v) is 50.0. The first-order valence-corrected chi connectivity index (χ1v) is 30.5. The molecule has 0 atom stereocenters. The van der Waals surface area contributed by atoms with Gasteiger partial charge in [-0.15, -0.1) is 0 Å². The van der Waals surface area contributed by atoms with Crippen LogP contribution in [-0.4, -0.2) is 22.9 Å². The van der Waals surface area contributed by atoms with Crippen molar-refractivity contribution in [2.45, 2.75) is 78.6 Å². The lowest BCUT2D eigenvalue weighted by Gasteiger charge is -2.22. The van der Waals surface area contributed by atoms with Gasteiger partial charge in [-0.1, -0.05) is 172 Å². The predicted molar refractivity (Wildman–Crippen MR) is 367 cm³/mol. The summed E-state index contributed by atoms with van der Waals surface area (Å²) in [7, 11) is 0. The third-order valence-electron chi connectivity index (χ3n) is 19.4. The lowest BCUT2D eigenvalue weighted by molar-refractivity contribution is 0.591. The van der Waals surface area contributed by atoms with Crippen LogP contribution in [0.2, 0.25) is 0 Å². The van der Waals surface area contributed by atoms with Gasteiger partial charge >= 0.3 is 0 Å². The number of rotatable bonds is 4. The zero-order chi connectivity index (χ0) is 58.0. The van der Waals surface area contributed by atoms with E-state index in [4.69, 9.17) is 4.98 Å². The van der Waals surface area contributed by atoms with Gasteiger partial charge in [-0.2, -0.15) is 0 Å². The van der Waals surface area contributed by atoms with E-state index in [9.17, 15) is 0 Å². The maximum absolute atomic E-state index is 6.18. The molecule has 0 amide bonds. The van der Waals surface area contributed by atoms with Crippen molar-refractivity contribution in [3.8, 4) is 33.6 Å². The van der Waals surface area contributed by atoms with Gasteiger partial charge in [0.1, 0.15) is 5.65 Å². The Morgan fingerprint density at radius 1 is 0.291 bits per heavy atom. The van der Waals surface area contributed by atoms with Gasteiger partial charge in [-0.3, -0.25) is 4.40 Å². The van der Waals surface area contributed by atoms with E-state index in [0.717, 1.165) is 33.4 Å². The van der Waals surface area contributed by atoms with Crippen LogP contribution in [0.25, 0.3) is 164 Å². The second kappa shape index (κ2) is 16.9. The van der Waals surface area contributed by atoms with Crippen molar-refractivity contribution >= 4 is 131 Å². The van der Waals surface area contributed by atoms with Crippen LogP contribution < -0.4 is 0 Å². The van der Waals surface area contributed by atoms with Gasteiger partial charge in [-0.05, 0) is 164 Å². The molecule has 0 saturated carbocycles. The van der Waals surface area contributed by atoms with Gasteiger partial charge in [0.15, 0.2) is 0 Å². The van der Waals surface area contributed by atoms with E-state index in [1.165, 1.54) is 148 Å². The highest BCUT2D eigenvalue weighted by atomic mass is 15.0. The second-order valence-corrected chi connectivity index (χ2v) is 27.6. The van der Waals surface area contributed by atoms with Crippen LogP contribution in [0.3, 0.4) is 0 Å². The van der Waals surface area contributed by atoms with Crippen molar-refractivity contribution in [1.82, 2.24) is 22.9 Å². The molecule has 0 aliphatic carbocycles. The van der Waals surface area contributed by atoms with Crippen LogP contribution in [0.1, 0.15) is 79.0 Å². The zero-order valence-electron chi connectivity index (χ0n) is 50.0. The van der Waals surface area contributed by atoms with E-state index in [0.29, 0.717) is 0 Å². The summed E-state index contributed by atoms with van der Waals surface area (Å²) in [5.74, 6) is 0. The molecule has 0 aliphatic heterocycles. The summed E-state index contributed by atoms with van der Waals surface area (Å²) in [6, 6.07) is 82.7. The topological polar surface area (TPSA) is 31.6 Å². The molecule has 18 rings (SSSR count). The minimum absolute atomic E-state index is 0.116. The molecular formula is C81H63N5. The van der Waals surface area contributed by atoms with Gasteiger partial charge in [0, 0.05) is 81.8 Å². The van der Waals surface area contributed by atoms with Crippen LogP contribution in [0.15, 0.2) is 218 Å². The Morgan fingerprint density at radius 2 is 0.721 bits per heavy atom. The van der Waals surface area contributed by atoms with Gasteiger partial charge in [0.2, 0.25) is 0 Å². The molecule has 0 spiro atoms. The van der Waals surface area contributed by atoms with Crippen molar-refractivity contribution in [3.05, 3.63) is 235 Å². The standard InChI is InChI=1S/C81H63N5/c1-79(2,3)49-39-57(47-32-34-69-59(36-47)55-28-18-20-30-67(55)83(69)52-23-12-10-13-24-52)74-63(42-49)64-43-51(81(7,8)9)44-66-73-71(85(74)76(64)66)45-65-72-54-27-17-16-22-46(54)38-61-62-41-50(80(4,5)6)40-58(75(62)86(77(61)72)78(65)82-73)48-33-35-70-60(37-48)56-29-19-21-31-68(56)84(70)53-25-14-11-15-26-53/h10-45H,1-9H3. The molecule has 18 aromatic rings. The van der Waals surface area contributed by atoms with E-state index < -0.39 is 0 Å². The smallest absolute Gasteiger partial charge is 0.146 e. The number of para-hydroxylation sites is 4. The number of aromatic nitrogens is 5. The molecule has 5 heteroatoms. The number of pyridine rings is 1. The molecule has 0 fully saturated rings. The number of hydrogen-bond acceptors (Lipinski definition) is 1. The first-order chi connectivity index (χ1) is 41.6. The molecule has 86 heavy (non-hydrogen) atoms. The number of benzene rings is 11. The Labute approximate surface area is 498 Å². The highest BCUT2D eigenvalue weighted by molar-refractivity contribution is 6.34. The van der Waals surface area contributed by atoms with E-state index in [1.807, 2.05) is 0 Å². The summed E-state index contributed by atoms with van der Waals surface area (Å²) in [6.07, 6.45) is 0. The highest BCUT2D eigenvalue weighted by Gasteiger charge is 2.31. The van der Waals surface area contributed by atoms with E-state index >= 15 is 0 Å². The second-order valence-electron chi connectivity index (χ2n) is 27.6. The van der Waals surface area contributed by atoms with Crippen LogP contribution in [0, 0.1) is 0 Å². The van der Waals surface area contributed by atoms with Gasteiger partial charge in [0.05, 0.1) is 55.2 Å². The molecule has 0 bridgehead atoms. The molecule has 11 aromatic carbocycles. The molecule has 412 valence electrons. The third-order valence-corrected chi connectivity index (χ3v) is 19.4. The Morgan fingerprint density at radius 3 is 1.26 bits per heavy atom. The molecule has 5 nitrogen and oxygen atoms in total. The molecule has 0 radical (unpaired) electrons. The van der Waals surface area contributed by atoms with Crippen molar-refractivity contribution in [3.63, 3.8) is 0 Å². The molecule has 0 saturated heterocycles. The fourth-order valence-corrected chi connectivity index (χ4v) is 15.1. The number of fused-ring (bicyclic) bond motifs is 20. The maximum Gasteiger partial charge on any atom is 0.146 e. The summed E-state index contributed by atoms with van der Waals surface area (Å²) in [5.41, 5.74) is 23.5. The summed E-state index contributed by atoms with van der Waals surface area (Å²) in [5, 5.41) is 16.1. The predicted octanol–water partition coefficient (Wildman–Crippen LogP) is 22.0. The first-order valence-electron chi connectivity index (χ1n) is 30.5. The van der Waals surface area contributed by atoms with Gasteiger partial charge in [0.25, 0.3) is 0 Å². The molecule has 0 aliphatic rings. The fourth-order valence-electron chi connectivity index (χ4n) is 15.1. The first kappa shape index (κ1) is 49.5. The average molecular weight is 1110 g/mol. The highest BCUT2D eigenvalue weighted by Crippen LogP contribution is 2.51. The van der Waals surface area contributed by atoms with Crippen LogP contribution in [0.4, 0.5) is 0 Å². The SMILES string of the molecule is CC(C)(C)c1cc(-c2ccc3c(c2)c2ccccc2n3-c2ccccc2)c2c(c1)c1cc(C(C)(C)C)cc3c4nc5c(cc4n2c13)c1c2ccccc2cc2c3cc(C(C)(C)C)cc(-c4ccc6c(c4)c4ccccc4n6-c4ccccc4)c3n5c21. The summed E-state index contributed by atoms with van der Waals surface area (Å²) in [4.78, 5) is 6.18. The van der Waals surface area contributed by atoms with E-state index in [-0.39, 0.29) is 16.2 Å². The summed E-state index contributed by atoms with van der Waals surface area (Å²) >= 11 is 0. The average Bonchev–Trinajstić information content (AvgIpc) is 1.52. The summed E-state index contributed by atoms with van der Waals surface area (Å²) < 4.78 is 10.0. The fraction of sp³-hybridized carbons (Fsp3) is 0.148. The van der Waals surface area contributed by atoms with Crippen LogP contribution in [0.5, 0.6) is 0 Å². The maximum atomic E-state index is 6.18. The third kappa shape index (κ3) is 6.68. The summed E-state index contributed by atoms with van der Waals surface area (Å²) in [6.45, 7) is 21.2. The minimum atomic E-state index is -0.132. The minimum Gasteiger partial charge on any atom is -0.309 e. The molecule has 0 N–H and O–H groups in total. The van der Waals surface area contributed by atoms with E-state index in [2.05, 4.69) is 299 Å².